The molecule has 0 aromatic carbocycles. The summed E-state index contributed by atoms with van der Waals surface area (Å²) in [6.07, 6.45) is -4.58. The van der Waals surface area contributed by atoms with Crippen molar-refractivity contribution in [3.05, 3.63) is 0 Å². The van der Waals surface area contributed by atoms with Gasteiger partial charge in [0.1, 0.15) is 6.61 Å². The molecule has 0 aliphatic carbocycles. The van der Waals surface area contributed by atoms with Gasteiger partial charge in [0.25, 0.3) is 0 Å². The lowest BCUT2D eigenvalue weighted by molar-refractivity contribution is -0.235. The minimum absolute atomic E-state index is 0.353. The Bertz CT molecular complexity index is 309. The summed E-state index contributed by atoms with van der Waals surface area (Å²) >= 11 is 0. The average Bonchev–Trinajstić information content (AvgIpc) is 1.97. The van der Waals surface area contributed by atoms with E-state index < -0.39 is 30.3 Å². The molecular formula is C8H10F3NO4. The molecule has 1 amide bonds. The molecule has 0 bridgehead atoms. The third-order valence-electron chi connectivity index (χ3n) is 2.24. The third-order valence-corrected chi connectivity index (χ3v) is 2.24. The molecule has 1 aliphatic heterocycles. The molecule has 0 unspecified atom stereocenters. The summed E-state index contributed by atoms with van der Waals surface area (Å²) in [6.45, 7) is -1.14. The van der Waals surface area contributed by atoms with Crippen LogP contribution in [0.15, 0.2) is 0 Å². The predicted molar refractivity (Wildman–Crippen MR) is 44.6 cm³/mol. The minimum Gasteiger partial charge on any atom is -0.479 e. The molecule has 0 saturated carbocycles. The van der Waals surface area contributed by atoms with E-state index in [4.69, 9.17) is 5.11 Å². The zero-order chi connectivity index (χ0) is 12.6. The molecule has 0 aromatic rings. The second-order valence-corrected chi connectivity index (χ2v) is 3.58. The Labute approximate surface area is 88.8 Å². The van der Waals surface area contributed by atoms with Crippen LogP contribution in [0.1, 0.15) is 6.92 Å². The van der Waals surface area contributed by atoms with E-state index in [-0.39, 0.29) is 13.1 Å². The predicted octanol–water partition coefficient (Wildman–Crippen LogP) is 0.251. The standard InChI is InChI=1S/C8H10F3NO4/c1-5(13)12-2-7(3-12,6(14)15)16-4-8(9,10)11/h2-4H2,1H3,(H,14,15). The van der Waals surface area contributed by atoms with Crippen molar-refractivity contribution in [3.63, 3.8) is 0 Å². The first-order chi connectivity index (χ1) is 7.16. The highest BCUT2D eigenvalue weighted by Gasteiger charge is 2.53. The van der Waals surface area contributed by atoms with Crippen molar-refractivity contribution in [1.82, 2.24) is 4.90 Å². The first kappa shape index (κ1) is 12.8. The summed E-state index contributed by atoms with van der Waals surface area (Å²) in [4.78, 5) is 22.7. The van der Waals surface area contributed by atoms with Gasteiger partial charge in [0.15, 0.2) is 5.60 Å². The fraction of sp³-hybridized carbons (Fsp3) is 0.750. The lowest BCUT2D eigenvalue weighted by atomic mass is 9.94. The van der Waals surface area contributed by atoms with Crippen LogP contribution < -0.4 is 0 Å². The maximum absolute atomic E-state index is 11.9. The quantitative estimate of drug-likeness (QED) is 0.769. The summed E-state index contributed by atoms with van der Waals surface area (Å²) in [5.74, 6) is -1.89. The Balaban J connectivity index is 2.58. The molecule has 0 radical (unpaired) electrons. The lowest BCUT2D eigenvalue weighted by Gasteiger charge is -2.46. The van der Waals surface area contributed by atoms with E-state index in [0.29, 0.717) is 0 Å². The fourth-order valence-corrected chi connectivity index (χ4v) is 1.30. The first-order valence-electron chi connectivity index (χ1n) is 4.36. The summed E-state index contributed by atoms with van der Waals surface area (Å²) in [7, 11) is 0. The minimum atomic E-state index is -4.58. The van der Waals surface area contributed by atoms with Gasteiger partial charge in [0.2, 0.25) is 5.91 Å². The zero-order valence-corrected chi connectivity index (χ0v) is 8.37. The molecule has 1 N–H and O–H groups in total. The molecule has 8 heteroatoms. The maximum atomic E-state index is 11.9. The topological polar surface area (TPSA) is 66.8 Å². The highest BCUT2D eigenvalue weighted by atomic mass is 19.4. The number of hydrogen-bond donors (Lipinski definition) is 1. The Morgan fingerprint density at radius 1 is 1.44 bits per heavy atom. The Morgan fingerprint density at radius 3 is 2.25 bits per heavy atom. The molecule has 1 saturated heterocycles. The normalized spacial score (nSPS) is 19.1. The van der Waals surface area contributed by atoms with E-state index >= 15 is 0 Å². The van der Waals surface area contributed by atoms with Gasteiger partial charge in [-0.05, 0) is 0 Å². The van der Waals surface area contributed by atoms with Crippen molar-refractivity contribution in [2.45, 2.75) is 18.7 Å². The molecule has 1 aliphatic rings. The van der Waals surface area contributed by atoms with E-state index in [2.05, 4.69) is 4.74 Å². The van der Waals surface area contributed by atoms with Crippen LogP contribution in [0, 0.1) is 0 Å². The first-order valence-corrected chi connectivity index (χ1v) is 4.36. The molecule has 1 heterocycles. The van der Waals surface area contributed by atoms with Crippen LogP contribution in [-0.4, -0.2) is 53.4 Å². The van der Waals surface area contributed by atoms with Crippen LogP contribution in [-0.2, 0) is 14.3 Å². The second kappa shape index (κ2) is 3.93. The van der Waals surface area contributed by atoms with Crippen molar-refractivity contribution < 1.29 is 32.6 Å². The molecule has 1 rings (SSSR count). The summed E-state index contributed by atoms with van der Waals surface area (Å²) < 4.78 is 40.0. The van der Waals surface area contributed by atoms with Gasteiger partial charge in [0, 0.05) is 6.92 Å². The van der Waals surface area contributed by atoms with Gasteiger partial charge in [-0.15, -0.1) is 0 Å². The SMILES string of the molecule is CC(=O)N1CC(OCC(F)(F)F)(C(=O)O)C1. The van der Waals surface area contributed by atoms with E-state index in [1.165, 1.54) is 6.92 Å². The molecule has 0 aromatic heterocycles. The van der Waals surface area contributed by atoms with Gasteiger partial charge in [-0.25, -0.2) is 4.79 Å². The van der Waals surface area contributed by atoms with Crippen molar-refractivity contribution in [2.24, 2.45) is 0 Å². The Morgan fingerprint density at radius 2 is 1.94 bits per heavy atom. The number of ether oxygens (including phenoxy) is 1. The monoisotopic (exact) mass is 241 g/mol. The molecule has 1 fully saturated rings. The number of carboxylic acids is 1. The molecule has 16 heavy (non-hydrogen) atoms. The van der Waals surface area contributed by atoms with E-state index in [0.717, 1.165) is 4.90 Å². The Kier molecular flexibility index (Phi) is 3.13. The van der Waals surface area contributed by atoms with Crippen molar-refractivity contribution in [2.75, 3.05) is 19.7 Å². The van der Waals surface area contributed by atoms with Gasteiger partial charge in [0.05, 0.1) is 13.1 Å². The van der Waals surface area contributed by atoms with Gasteiger partial charge in [-0.1, -0.05) is 0 Å². The summed E-state index contributed by atoms with van der Waals surface area (Å²) in [5.41, 5.74) is -1.92. The maximum Gasteiger partial charge on any atom is 0.411 e. The lowest BCUT2D eigenvalue weighted by Crippen LogP contribution is -2.68. The van der Waals surface area contributed by atoms with Crippen molar-refractivity contribution >= 4 is 11.9 Å². The van der Waals surface area contributed by atoms with E-state index in [1.807, 2.05) is 0 Å². The molecule has 0 spiro atoms. The van der Waals surface area contributed by atoms with Crippen LogP contribution in [0.2, 0.25) is 0 Å². The van der Waals surface area contributed by atoms with E-state index in [9.17, 15) is 22.8 Å². The Hall–Kier alpha value is -1.31. The largest absolute Gasteiger partial charge is 0.479 e. The van der Waals surface area contributed by atoms with Crippen LogP contribution in [0.3, 0.4) is 0 Å². The van der Waals surface area contributed by atoms with Crippen LogP contribution in [0.5, 0.6) is 0 Å². The summed E-state index contributed by atoms with van der Waals surface area (Å²) in [5, 5.41) is 8.75. The zero-order valence-electron chi connectivity index (χ0n) is 8.37. The van der Waals surface area contributed by atoms with Gasteiger partial charge >= 0.3 is 12.1 Å². The number of likely N-dealkylation sites (tertiary alicyclic amines) is 1. The number of carbonyl (C=O) groups is 2. The number of amides is 1. The number of hydrogen-bond acceptors (Lipinski definition) is 3. The highest BCUT2D eigenvalue weighted by Crippen LogP contribution is 2.28. The number of aliphatic carboxylic acids is 1. The molecule has 92 valence electrons. The average molecular weight is 241 g/mol. The molecule has 5 nitrogen and oxygen atoms in total. The number of carbonyl (C=O) groups excluding carboxylic acids is 1. The van der Waals surface area contributed by atoms with Crippen molar-refractivity contribution in [1.29, 1.82) is 0 Å². The highest BCUT2D eigenvalue weighted by molar-refractivity contribution is 5.84. The number of carboxylic acid groups (broad SMARTS) is 1. The van der Waals surface area contributed by atoms with Crippen LogP contribution in [0.25, 0.3) is 0 Å². The second-order valence-electron chi connectivity index (χ2n) is 3.58. The number of nitrogens with zero attached hydrogens (tertiary/aromatic N) is 1. The van der Waals surface area contributed by atoms with Gasteiger partial charge < -0.3 is 14.7 Å². The van der Waals surface area contributed by atoms with Crippen molar-refractivity contribution in [3.8, 4) is 0 Å². The summed E-state index contributed by atoms with van der Waals surface area (Å²) in [6, 6.07) is 0. The smallest absolute Gasteiger partial charge is 0.411 e. The number of rotatable bonds is 3. The fourth-order valence-electron chi connectivity index (χ4n) is 1.30. The van der Waals surface area contributed by atoms with Crippen LogP contribution >= 0.6 is 0 Å². The third kappa shape index (κ3) is 2.63. The van der Waals surface area contributed by atoms with E-state index in [1.54, 1.807) is 0 Å². The molecular weight excluding hydrogens is 231 g/mol. The molecule has 0 atom stereocenters. The van der Waals surface area contributed by atoms with Gasteiger partial charge in [-0.2, -0.15) is 13.2 Å². The van der Waals surface area contributed by atoms with Gasteiger partial charge in [-0.3, -0.25) is 4.79 Å². The number of halogens is 3. The van der Waals surface area contributed by atoms with Crippen LogP contribution in [0.4, 0.5) is 13.2 Å². The number of alkyl halides is 3.